The SMILES string of the molecule is CCCS(=O)(=O)c1cc(N)cc2[nH]c(-c3ccc(Cl)cc3)cc12. The Bertz CT molecular complexity index is 960. The third kappa shape index (κ3) is 3.07. The van der Waals surface area contributed by atoms with E-state index in [9.17, 15) is 8.42 Å². The molecule has 2 aromatic carbocycles. The second-order valence-electron chi connectivity index (χ2n) is 5.49. The molecular weight excluding hydrogens is 332 g/mol. The van der Waals surface area contributed by atoms with Gasteiger partial charge in [-0.3, -0.25) is 0 Å². The van der Waals surface area contributed by atoms with Gasteiger partial charge in [-0.05, 0) is 42.3 Å². The Balaban J connectivity index is 2.21. The number of anilines is 1. The highest BCUT2D eigenvalue weighted by Gasteiger charge is 2.19. The van der Waals surface area contributed by atoms with Crippen LogP contribution in [0.5, 0.6) is 0 Å². The third-order valence-corrected chi connectivity index (χ3v) is 5.89. The molecule has 6 heteroatoms. The average molecular weight is 349 g/mol. The van der Waals surface area contributed by atoms with Crippen LogP contribution in [0.3, 0.4) is 0 Å². The average Bonchev–Trinajstić information content (AvgIpc) is 2.90. The highest BCUT2D eigenvalue weighted by atomic mass is 35.5. The Morgan fingerprint density at radius 3 is 2.48 bits per heavy atom. The molecule has 1 aromatic heterocycles. The molecule has 0 aliphatic heterocycles. The summed E-state index contributed by atoms with van der Waals surface area (Å²) in [5.74, 6) is 0.104. The lowest BCUT2D eigenvalue weighted by Gasteiger charge is -2.05. The first kappa shape index (κ1) is 15.9. The number of sulfone groups is 1. The van der Waals surface area contributed by atoms with Crippen molar-refractivity contribution in [2.45, 2.75) is 18.2 Å². The van der Waals surface area contributed by atoms with Crippen molar-refractivity contribution < 1.29 is 8.42 Å². The molecule has 0 radical (unpaired) electrons. The normalized spacial score (nSPS) is 11.9. The number of aromatic amines is 1. The number of H-pyrrole nitrogens is 1. The number of fused-ring (bicyclic) bond motifs is 1. The number of nitrogen functional groups attached to an aromatic ring is 1. The van der Waals surface area contributed by atoms with Crippen LogP contribution in [0.15, 0.2) is 47.4 Å². The van der Waals surface area contributed by atoms with Gasteiger partial charge in [0.25, 0.3) is 0 Å². The van der Waals surface area contributed by atoms with Gasteiger partial charge in [-0.2, -0.15) is 0 Å². The van der Waals surface area contributed by atoms with E-state index < -0.39 is 9.84 Å². The molecule has 0 atom stereocenters. The number of hydrogen-bond donors (Lipinski definition) is 2. The minimum atomic E-state index is -3.36. The number of nitrogens with two attached hydrogens (primary N) is 1. The number of rotatable bonds is 4. The second-order valence-corrected chi connectivity index (χ2v) is 8.00. The predicted octanol–water partition coefficient (Wildman–Crippen LogP) is 4.25. The summed E-state index contributed by atoms with van der Waals surface area (Å²) in [7, 11) is -3.36. The lowest BCUT2D eigenvalue weighted by atomic mass is 10.1. The Labute approximate surface area is 140 Å². The summed E-state index contributed by atoms with van der Waals surface area (Å²) in [6.07, 6.45) is 0.563. The summed E-state index contributed by atoms with van der Waals surface area (Å²) in [5, 5.41) is 1.32. The highest BCUT2D eigenvalue weighted by Crippen LogP contribution is 2.32. The van der Waals surface area contributed by atoms with Crippen molar-refractivity contribution in [3.63, 3.8) is 0 Å². The number of aromatic nitrogens is 1. The van der Waals surface area contributed by atoms with E-state index in [1.54, 1.807) is 18.2 Å². The van der Waals surface area contributed by atoms with Gasteiger partial charge in [-0.15, -0.1) is 0 Å². The molecule has 0 saturated heterocycles. The van der Waals surface area contributed by atoms with Crippen molar-refractivity contribution in [3.8, 4) is 11.3 Å². The molecule has 4 nitrogen and oxygen atoms in total. The van der Waals surface area contributed by atoms with E-state index >= 15 is 0 Å². The van der Waals surface area contributed by atoms with Gasteiger partial charge in [-0.1, -0.05) is 30.7 Å². The van der Waals surface area contributed by atoms with Crippen molar-refractivity contribution in [3.05, 3.63) is 47.5 Å². The quantitative estimate of drug-likeness (QED) is 0.692. The Kier molecular flexibility index (Phi) is 4.08. The van der Waals surface area contributed by atoms with Crippen molar-refractivity contribution in [1.29, 1.82) is 0 Å². The Morgan fingerprint density at radius 2 is 1.83 bits per heavy atom. The van der Waals surface area contributed by atoms with Crippen LogP contribution in [0, 0.1) is 0 Å². The second kappa shape index (κ2) is 5.91. The first-order valence-electron chi connectivity index (χ1n) is 7.31. The molecule has 0 aliphatic carbocycles. The number of benzene rings is 2. The van der Waals surface area contributed by atoms with Crippen LogP contribution in [-0.4, -0.2) is 19.2 Å². The maximum Gasteiger partial charge on any atom is 0.179 e. The zero-order valence-electron chi connectivity index (χ0n) is 12.6. The van der Waals surface area contributed by atoms with Gasteiger partial charge in [0.1, 0.15) is 0 Å². The van der Waals surface area contributed by atoms with Crippen LogP contribution in [0.4, 0.5) is 5.69 Å². The molecule has 3 rings (SSSR count). The topological polar surface area (TPSA) is 75.9 Å². The zero-order valence-corrected chi connectivity index (χ0v) is 14.2. The van der Waals surface area contributed by atoms with Crippen molar-refractivity contribution in [2.75, 3.05) is 11.5 Å². The Morgan fingerprint density at radius 1 is 1.13 bits per heavy atom. The van der Waals surface area contributed by atoms with Crippen molar-refractivity contribution in [2.24, 2.45) is 0 Å². The van der Waals surface area contributed by atoms with Crippen LogP contribution in [0.2, 0.25) is 5.02 Å². The van der Waals surface area contributed by atoms with Crippen LogP contribution in [-0.2, 0) is 9.84 Å². The molecule has 3 aromatic rings. The summed E-state index contributed by atoms with van der Waals surface area (Å²) >= 11 is 5.91. The molecule has 0 aliphatic rings. The predicted molar refractivity (Wildman–Crippen MR) is 95.5 cm³/mol. The lowest BCUT2D eigenvalue weighted by molar-refractivity contribution is 0.595. The summed E-state index contributed by atoms with van der Waals surface area (Å²) in [6, 6.07) is 12.5. The highest BCUT2D eigenvalue weighted by molar-refractivity contribution is 7.91. The molecule has 1 heterocycles. The van der Waals surface area contributed by atoms with E-state index in [2.05, 4.69) is 4.98 Å². The Hall–Kier alpha value is -1.98. The van der Waals surface area contributed by atoms with E-state index in [1.165, 1.54) is 6.07 Å². The van der Waals surface area contributed by atoms with Gasteiger partial charge < -0.3 is 10.7 Å². The van der Waals surface area contributed by atoms with Crippen LogP contribution < -0.4 is 5.73 Å². The first-order valence-corrected chi connectivity index (χ1v) is 9.34. The minimum absolute atomic E-state index is 0.104. The molecular formula is C17H17ClN2O2S. The first-order chi connectivity index (χ1) is 10.9. The number of hydrogen-bond acceptors (Lipinski definition) is 3. The van der Waals surface area contributed by atoms with Crippen LogP contribution in [0.1, 0.15) is 13.3 Å². The summed E-state index contributed by atoms with van der Waals surface area (Å²) < 4.78 is 25.0. The molecule has 0 fully saturated rings. The fourth-order valence-corrected chi connectivity index (χ4v) is 4.35. The maximum absolute atomic E-state index is 12.5. The summed E-state index contributed by atoms with van der Waals surface area (Å²) in [4.78, 5) is 3.52. The molecule has 3 N–H and O–H groups in total. The minimum Gasteiger partial charge on any atom is -0.399 e. The van der Waals surface area contributed by atoms with Gasteiger partial charge in [0.2, 0.25) is 0 Å². The zero-order chi connectivity index (χ0) is 16.6. The largest absolute Gasteiger partial charge is 0.399 e. The van der Waals surface area contributed by atoms with Crippen LogP contribution in [0.25, 0.3) is 22.2 Å². The summed E-state index contributed by atoms with van der Waals surface area (Å²) in [5.41, 5.74) is 8.79. The molecule has 0 unspecified atom stereocenters. The molecule has 0 saturated carbocycles. The van der Waals surface area contributed by atoms with E-state index in [1.807, 2.05) is 25.1 Å². The number of nitrogens with one attached hydrogen (secondary N) is 1. The number of halogens is 1. The van der Waals surface area contributed by atoms with Gasteiger partial charge in [0.15, 0.2) is 9.84 Å². The van der Waals surface area contributed by atoms with E-state index in [-0.39, 0.29) is 10.6 Å². The molecule has 23 heavy (non-hydrogen) atoms. The lowest BCUT2D eigenvalue weighted by Crippen LogP contribution is -2.06. The smallest absolute Gasteiger partial charge is 0.179 e. The maximum atomic E-state index is 12.5. The molecule has 0 amide bonds. The van der Waals surface area contributed by atoms with Gasteiger partial charge in [-0.25, -0.2) is 8.42 Å². The van der Waals surface area contributed by atoms with Crippen molar-refractivity contribution >= 4 is 38.0 Å². The standard InChI is InChI=1S/C17H17ClN2O2S/c1-2-7-23(21,22)17-9-13(19)8-16-14(17)10-15(20-16)11-3-5-12(18)6-4-11/h3-6,8-10,20H,2,7,19H2,1H3. The molecule has 0 bridgehead atoms. The van der Waals surface area contributed by atoms with Gasteiger partial charge >= 0.3 is 0 Å². The van der Waals surface area contributed by atoms with Crippen LogP contribution >= 0.6 is 11.6 Å². The summed E-state index contributed by atoms with van der Waals surface area (Å²) in [6.45, 7) is 1.84. The van der Waals surface area contributed by atoms with E-state index in [4.69, 9.17) is 17.3 Å². The third-order valence-electron chi connectivity index (χ3n) is 3.69. The van der Waals surface area contributed by atoms with E-state index in [0.29, 0.717) is 28.0 Å². The fourth-order valence-electron chi connectivity index (χ4n) is 2.65. The molecule has 120 valence electrons. The van der Waals surface area contributed by atoms with Gasteiger partial charge in [0, 0.05) is 27.3 Å². The molecule has 0 spiro atoms. The monoisotopic (exact) mass is 348 g/mol. The van der Waals surface area contributed by atoms with Crippen molar-refractivity contribution in [1.82, 2.24) is 4.98 Å². The van der Waals surface area contributed by atoms with Gasteiger partial charge in [0.05, 0.1) is 10.6 Å². The van der Waals surface area contributed by atoms with E-state index in [0.717, 1.165) is 11.3 Å². The fraction of sp³-hybridized carbons (Fsp3) is 0.176.